The molecule has 2 heteroatoms. The number of ketones is 1. The normalized spacial score (nSPS) is 10.1. The lowest BCUT2D eigenvalue weighted by Crippen LogP contribution is -2.12. The van der Waals surface area contributed by atoms with E-state index in [1.807, 2.05) is 44.2 Å². The quantitative estimate of drug-likeness (QED) is 0.765. The predicted octanol–water partition coefficient (Wildman–Crippen LogP) is 3.37. The fourth-order valence-electron chi connectivity index (χ4n) is 1.65. The third kappa shape index (κ3) is 2.77. The topological polar surface area (TPSA) is 26.3 Å². The van der Waals surface area contributed by atoms with E-state index in [1.165, 1.54) is 0 Å². The van der Waals surface area contributed by atoms with Crippen molar-refractivity contribution in [2.45, 2.75) is 13.8 Å². The van der Waals surface area contributed by atoms with Gasteiger partial charge in [0.2, 0.25) is 0 Å². The van der Waals surface area contributed by atoms with E-state index in [-0.39, 0.29) is 12.4 Å². The molecule has 0 spiro atoms. The molecule has 0 fully saturated rings. The van der Waals surface area contributed by atoms with Crippen molar-refractivity contribution in [3.63, 3.8) is 0 Å². The third-order valence-electron chi connectivity index (χ3n) is 2.92. The van der Waals surface area contributed by atoms with E-state index in [9.17, 15) is 4.79 Å². The molecule has 0 bridgehead atoms. The van der Waals surface area contributed by atoms with Crippen molar-refractivity contribution in [2.75, 3.05) is 6.61 Å². The Labute approximate surface area is 107 Å². The minimum absolute atomic E-state index is 0.0232. The fraction of sp³-hybridized carbons (Fsp3) is 0.188. The Kier molecular flexibility index (Phi) is 3.78. The Bertz CT molecular complexity index is 544. The van der Waals surface area contributed by atoms with Gasteiger partial charge in [0.15, 0.2) is 12.4 Å². The maximum atomic E-state index is 11.9. The molecule has 2 aromatic rings. The summed E-state index contributed by atoms with van der Waals surface area (Å²) in [5, 5.41) is 0. The Morgan fingerprint density at radius 2 is 1.89 bits per heavy atom. The highest BCUT2D eigenvalue weighted by molar-refractivity contribution is 5.97. The van der Waals surface area contributed by atoms with E-state index in [0.717, 1.165) is 11.1 Å². The van der Waals surface area contributed by atoms with E-state index in [4.69, 9.17) is 4.74 Å². The van der Waals surface area contributed by atoms with Gasteiger partial charge in [-0.25, -0.2) is 0 Å². The number of hydrogen-bond donors (Lipinski definition) is 0. The van der Waals surface area contributed by atoms with Crippen molar-refractivity contribution in [2.24, 2.45) is 0 Å². The first-order valence-corrected chi connectivity index (χ1v) is 5.87. The van der Waals surface area contributed by atoms with Crippen LogP contribution >= 0.6 is 0 Å². The van der Waals surface area contributed by atoms with E-state index >= 15 is 0 Å². The van der Waals surface area contributed by atoms with Crippen LogP contribution in [0.5, 0.6) is 5.75 Å². The highest BCUT2D eigenvalue weighted by atomic mass is 16.5. The van der Waals surface area contributed by atoms with Crippen LogP contribution in [0.2, 0.25) is 0 Å². The van der Waals surface area contributed by atoms with Gasteiger partial charge in [-0.3, -0.25) is 4.79 Å². The Balaban J connectivity index is 2.04. The first-order chi connectivity index (χ1) is 8.68. The van der Waals surface area contributed by atoms with Crippen LogP contribution in [0.4, 0.5) is 0 Å². The van der Waals surface area contributed by atoms with Gasteiger partial charge in [-0.2, -0.15) is 0 Å². The lowest BCUT2D eigenvalue weighted by molar-refractivity contribution is 0.0921. The molecule has 1 radical (unpaired) electrons. The summed E-state index contributed by atoms with van der Waals surface area (Å²) >= 11 is 0. The number of hydrogen-bond acceptors (Lipinski definition) is 2. The Hall–Kier alpha value is -2.09. The minimum atomic E-state index is -0.0232. The van der Waals surface area contributed by atoms with Gasteiger partial charge in [-0.05, 0) is 25.0 Å². The van der Waals surface area contributed by atoms with Crippen molar-refractivity contribution >= 4 is 5.78 Å². The molecule has 0 atom stereocenters. The van der Waals surface area contributed by atoms with Crippen molar-refractivity contribution < 1.29 is 9.53 Å². The van der Waals surface area contributed by atoms with Crippen LogP contribution in [0.3, 0.4) is 0 Å². The maximum absolute atomic E-state index is 11.9. The molecule has 0 aliphatic rings. The summed E-state index contributed by atoms with van der Waals surface area (Å²) in [6.07, 6.45) is 0. The van der Waals surface area contributed by atoms with Crippen LogP contribution in [-0.2, 0) is 0 Å². The smallest absolute Gasteiger partial charge is 0.200 e. The molecular weight excluding hydrogens is 224 g/mol. The second-order valence-corrected chi connectivity index (χ2v) is 4.19. The van der Waals surface area contributed by atoms with Crippen LogP contribution in [0.1, 0.15) is 21.5 Å². The number of rotatable bonds is 4. The Morgan fingerprint density at radius 3 is 2.61 bits per heavy atom. The SMILES string of the molecule is Cc1cc[c]c(OCC(=O)c2ccccc2)c1C. The molecule has 0 aliphatic carbocycles. The number of benzene rings is 2. The second kappa shape index (κ2) is 5.50. The molecule has 0 amide bonds. The molecule has 2 rings (SSSR count). The highest BCUT2D eigenvalue weighted by Gasteiger charge is 2.08. The van der Waals surface area contributed by atoms with Gasteiger partial charge in [0.25, 0.3) is 0 Å². The second-order valence-electron chi connectivity index (χ2n) is 4.19. The zero-order chi connectivity index (χ0) is 13.0. The molecule has 0 unspecified atom stereocenters. The number of ether oxygens (including phenoxy) is 1. The average molecular weight is 239 g/mol. The molecule has 0 saturated heterocycles. The third-order valence-corrected chi connectivity index (χ3v) is 2.92. The summed E-state index contributed by atoms with van der Waals surface area (Å²) < 4.78 is 5.53. The number of carbonyl (C=O) groups is 1. The summed E-state index contributed by atoms with van der Waals surface area (Å²) in [5.74, 6) is 0.629. The maximum Gasteiger partial charge on any atom is 0.200 e. The predicted molar refractivity (Wildman–Crippen MR) is 71.0 cm³/mol. The van der Waals surface area contributed by atoms with E-state index in [0.29, 0.717) is 11.3 Å². The lowest BCUT2D eigenvalue weighted by Gasteiger charge is -2.09. The monoisotopic (exact) mass is 239 g/mol. The van der Waals surface area contributed by atoms with Crippen LogP contribution < -0.4 is 4.74 Å². The van der Waals surface area contributed by atoms with Crippen molar-refractivity contribution in [1.29, 1.82) is 0 Å². The van der Waals surface area contributed by atoms with Crippen LogP contribution in [0, 0.1) is 19.9 Å². The van der Waals surface area contributed by atoms with Gasteiger partial charge in [-0.1, -0.05) is 42.5 Å². The van der Waals surface area contributed by atoms with E-state index in [1.54, 1.807) is 12.1 Å². The van der Waals surface area contributed by atoms with Gasteiger partial charge in [0.05, 0.1) is 0 Å². The summed E-state index contributed by atoms with van der Waals surface area (Å²) in [5.41, 5.74) is 2.83. The van der Waals surface area contributed by atoms with Crippen molar-refractivity contribution in [1.82, 2.24) is 0 Å². The summed E-state index contributed by atoms with van der Waals surface area (Å²) in [6, 6.07) is 15.9. The van der Waals surface area contributed by atoms with E-state index < -0.39 is 0 Å². The lowest BCUT2D eigenvalue weighted by atomic mass is 10.1. The largest absolute Gasteiger partial charge is 0.485 e. The van der Waals surface area contributed by atoms with Gasteiger partial charge < -0.3 is 4.74 Å². The molecule has 0 saturated carbocycles. The van der Waals surface area contributed by atoms with Gasteiger partial charge >= 0.3 is 0 Å². The Morgan fingerprint density at radius 1 is 1.17 bits per heavy atom. The molecule has 18 heavy (non-hydrogen) atoms. The average Bonchev–Trinajstić information content (AvgIpc) is 2.41. The van der Waals surface area contributed by atoms with E-state index in [2.05, 4.69) is 6.07 Å². The van der Waals surface area contributed by atoms with Gasteiger partial charge in [0.1, 0.15) is 5.75 Å². The first-order valence-electron chi connectivity index (χ1n) is 5.87. The molecule has 91 valence electrons. The summed E-state index contributed by atoms with van der Waals surface area (Å²) in [6.45, 7) is 4.02. The van der Waals surface area contributed by atoms with Gasteiger partial charge in [-0.15, -0.1) is 0 Å². The molecule has 0 aliphatic heterocycles. The first kappa shape index (κ1) is 12.4. The molecule has 0 aromatic heterocycles. The zero-order valence-corrected chi connectivity index (χ0v) is 10.6. The van der Waals surface area contributed by atoms with Crippen LogP contribution in [0.15, 0.2) is 42.5 Å². The molecule has 2 nitrogen and oxygen atoms in total. The molecular formula is C16H15O2. The highest BCUT2D eigenvalue weighted by Crippen LogP contribution is 2.20. The summed E-state index contributed by atoms with van der Waals surface area (Å²) in [7, 11) is 0. The standard InChI is InChI=1S/C16H15O2/c1-12-7-6-10-16(13(12)2)18-11-15(17)14-8-4-3-5-9-14/h3-9H,11H2,1-2H3. The van der Waals surface area contributed by atoms with Crippen LogP contribution in [0.25, 0.3) is 0 Å². The zero-order valence-electron chi connectivity index (χ0n) is 10.6. The number of Topliss-reactive ketones (excluding diaryl/α,β-unsaturated/α-hetero) is 1. The van der Waals surface area contributed by atoms with Crippen LogP contribution in [-0.4, -0.2) is 12.4 Å². The molecule has 0 N–H and O–H groups in total. The molecule has 2 aromatic carbocycles. The number of aryl methyl sites for hydroxylation is 1. The summed E-state index contributed by atoms with van der Waals surface area (Å²) in [4.78, 5) is 11.9. The minimum Gasteiger partial charge on any atom is -0.485 e. The fourth-order valence-corrected chi connectivity index (χ4v) is 1.65. The van der Waals surface area contributed by atoms with Gasteiger partial charge in [0, 0.05) is 11.6 Å². The van der Waals surface area contributed by atoms with Crippen molar-refractivity contribution in [3.05, 3.63) is 65.2 Å². The number of carbonyl (C=O) groups excluding carboxylic acids is 1. The molecule has 0 heterocycles. The van der Waals surface area contributed by atoms with Crippen molar-refractivity contribution in [3.8, 4) is 5.75 Å².